The van der Waals surface area contributed by atoms with Gasteiger partial charge in [0.25, 0.3) is 0 Å². The zero-order valence-electron chi connectivity index (χ0n) is 14.4. The molecule has 3 rings (SSSR count). The molecule has 6 heteroatoms. The SMILES string of the molecule is COc1ccc(-c2nnc(CN(C)C(C)c3ccc(Cl)cc3)o2)cc1. The van der Waals surface area contributed by atoms with Crippen LogP contribution >= 0.6 is 11.6 Å². The fourth-order valence-corrected chi connectivity index (χ4v) is 2.64. The first-order valence-electron chi connectivity index (χ1n) is 7.99. The first-order chi connectivity index (χ1) is 12.1. The van der Waals surface area contributed by atoms with E-state index in [-0.39, 0.29) is 6.04 Å². The Kier molecular flexibility index (Phi) is 5.36. The monoisotopic (exact) mass is 357 g/mol. The van der Waals surface area contributed by atoms with Gasteiger partial charge in [-0.25, -0.2) is 0 Å². The molecule has 0 spiro atoms. The second-order valence-electron chi connectivity index (χ2n) is 5.87. The van der Waals surface area contributed by atoms with Gasteiger partial charge >= 0.3 is 0 Å². The molecule has 0 amide bonds. The maximum Gasteiger partial charge on any atom is 0.247 e. The first kappa shape index (κ1) is 17.5. The van der Waals surface area contributed by atoms with Gasteiger partial charge in [0.05, 0.1) is 13.7 Å². The minimum Gasteiger partial charge on any atom is -0.497 e. The highest BCUT2D eigenvalue weighted by atomic mass is 35.5. The Morgan fingerprint density at radius 1 is 1.08 bits per heavy atom. The molecule has 0 N–H and O–H groups in total. The fraction of sp³-hybridized carbons (Fsp3) is 0.263. The number of hydrogen-bond donors (Lipinski definition) is 0. The summed E-state index contributed by atoms with van der Waals surface area (Å²) in [4.78, 5) is 2.15. The Morgan fingerprint density at radius 3 is 2.40 bits per heavy atom. The summed E-state index contributed by atoms with van der Waals surface area (Å²) in [7, 11) is 3.66. The predicted octanol–water partition coefficient (Wildman–Crippen LogP) is 4.59. The quantitative estimate of drug-likeness (QED) is 0.645. The molecule has 0 aliphatic heterocycles. The van der Waals surface area contributed by atoms with Crippen molar-refractivity contribution >= 4 is 11.6 Å². The molecule has 25 heavy (non-hydrogen) atoms. The summed E-state index contributed by atoms with van der Waals surface area (Å²) in [6, 6.07) is 15.6. The summed E-state index contributed by atoms with van der Waals surface area (Å²) in [5.74, 6) is 1.87. The van der Waals surface area contributed by atoms with E-state index in [0.717, 1.165) is 16.3 Å². The van der Waals surface area contributed by atoms with Crippen molar-refractivity contribution in [3.05, 3.63) is 65.0 Å². The maximum atomic E-state index is 5.95. The van der Waals surface area contributed by atoms with E-state index < -0.39 is 0 Å². The average molecular weight is 358 g/mol. The van der Waals surface area contributed by atoms with Gasteiger partial charge in [-0.3, -0.25) is 4.90 Å². The Bertz CT molecular complexity index is 815. The smallest absolute Gasteiger partial charge is 0.247 e. The molecule has 0 aliphatic carbocycles. The Morgan fingerprint density at radius 2 is 1.76 bits per heavy atom. The minimum absolute atomic E-state index is 0.202. The van der Waals surface area contributed by atoms with Crippen LogP contribution in [0, 0.1) is 0 Å². The summed E-state index contributed by atoms with van der Waals surface area (Å²) in [6.45, 7) is 2.69. The Labute approximate surface area is 152 Å². The minimum atomic E-state index is 0.202. The zero-order valence-corrected chi connectivity index (χ0v) is 15.2. The maximum absolute atomic E-state index is 5.95. The molecule has 1 atom stereocenters. The standard InChI is InChI=1S/C19H20ClN3O2/c1-13(14-4-8-16(20)9-5-14)23(2)12-18-21-22-19(25-18)15-6-10-17(24-3)11-7-15/h4-11,13H,12H2,1-3H3. The van der Waals surface area contributed by atoms with Crippen molar-refractivity contribution < 1.29 is 9.15 Å². The van der Waals surface area contributed by atoms with Crippen molar-refractivity contribution in [1.82, 2.24) is 15.1 Å². The average Bonchev–Trinajstić information content (AvgIpc) is 3.10. The van der Waals surface area contributed by atoms with Crippen LogP contribution in [0.4, 0.5) is 0 Å². The van der Waals surface area contributed by atoms with E-state index in [1.807, 2.05) is 55.6 Å². The number of aromatic nitrogens is 2. The van der Waals surface area contributed by atoms with E-state index in [9.17, 15) is 0 Å². The summed E-state index contributed by atoms with van der Waals surface area (Å²) >= 11 is 5.95. The molecule has 0 bridgehead atoms. The lowest BCUT2D eigenvalue weighted by atomic mass is 10.1. The summed E-state index contributed by atoms with van der Waals surface area (Å²) < 4.78 is 11.0. The molecule has 2 aromatic carbocycles. The summed E-state index contributed by atoms with van der Waals surface area (Å²) in [6.07, 6.45) is 0. The van der Waals surface area contributed by atoms with Crippen LogP contribution in [-0.4, -0.2) is 29.3 Å². The molecule has 1 aromatic heterocycles. The van der Waals surface area contributed by atoms with Gasteiger partial charge in [-0.15, -0.1) is 10.2 Å². The number of ether oxygens (including phenoxy) is 1. The predicted molar refractivity (Wildman–Crippen MR) is 97.6 cm³/mol. The van der Waals surface area contributed by atoms with Crippen molar-refractivity contribution in [2.45, 2.75) is 19.5 Å². The van der Waals surface area contributed by atoms with Crippen molar-refractivity contribution in [3.63, 3.8) is 0 Å². The summed E-state index contributed by atoms with van der Waals surface area (Å²) in [5, 5.41) is 9.03. The lowest BCUT2D eigenvalue weighted by Gasteiger charge is -2.23. The third kappa shape index (κ3) is 4.18. The van der Waals surface area contributed by atoms with Gasteiger partial charge in [0.15, 0.2) is 0 Å². The topological polar surface area (TPSA) is 51.4 Å². The molecule has 0 saturated carbocycles. The van der Waals surface area contributed by atoms with Crippen LogP contribution in [0.3, 0.4) is 0 Å². The van der Waals surface area contributed by atoms with Gasteiger partial charge in [0, 0.05) is 16.6 Å². The van der Waals surface area contributed by atoms with E-state index in [4.69, 9.17) is 20.8 Å². The molecular weight excluding hydrogens is 338 g/mol. The second-order valence-corrected chi connectivity index (χ2v) is 6.31. The number of methoxy groups -OCH3 is 1. The van der Waals surface area contributed by atoms with Gasteiger partial charge in [-0.1, -0.05) is 23.7 Å². The molecule has 0 saturated heterocycles. The molecule has 0 aliphatic rings. The van der Waals surface area contributed by atoms with Gasteiger partial charge in [-0.2, -0.15) is 0 Å². The highest BCUT2D eigenvalue weighted by Crippen LogP contribution is 2.24. The van der Waals surface area contributed by atoms with Gasteiger partial charge in [-0.05, 0) is 55.9 Å². The lowest BCUT2D eigenvalue weighted by Crippen LogP contribution is -2.22. The number of benzene rings is 2. The van der Waals surface area contributed by atoms with E-state index in [0.29, 0.717) is 18.3 Å². The van der Waals surface area contributed by atoms with Gasteiger partial charge in [0.2, 0.25) is 11.8 Å². The molecule has 130 valence electrons. The van der Waals surface area contributed by atoms with Crippen molar-refractivity contribution in [2.75, 3.05) is 14.2 Å². The molecule has 5 nitrogen and oxygen atoms in total. The number of nitrogens with zero attached hydrogens (tertiary/aromatic N) is 3. The highest BCUT2D eigenvalue weighted by molar-refractivity contribution is 6.30. The Hall–Kier alpha value is -2.37. The van der Waals surface area contributed by atoms with E-state index >= 15 is 0 Å². The number of halogens is 1. The van der Waals surface area contributed by atoms with E-state index in [2.05, 4.69) is 22.0 Å². The molecule has 1 unspecified atom stereocenters. The van der Waals surface area contributed by atoms with E-state index in [1.165, 1.54) is 5.56 Å². The fourth-order valence-electron chi connectivity index (χ4n) is 2.51. The third-order valence-electron chi connectivity index (χ3n) is 4.20. The number of rotatable bonds is 6. The molecular formula is C19H20ClN3O2. The Balaban J connectivity index is 1.68. The lowest BCUT2D eigenvalue weighted by molar-refractivity contribution is 0.228. The normalized spacial score (nSPS) is 12.4. The molecule has 1 heterocycles. The molecule has 0 fully saturated rings. The largest absolute Gasteiger partial charge is 0.497 e. The summed E-state index contributed by atoms with van der Waals surface area (Å²) in [5.41, 5.74) is 2.05. The highest BCUT2D eigenvalue weighted by Gasteiger charge is 2.16. The first-order valence-corrected chi connectivity index (χ1v) is 8.37. The van der Waals surface area contributed by atoms with Crippen LogP contribution < -0.4 is 4.74 Å². The van der Waals surface area contributed by atoms with Crippen LogP contribution in [0.5, 0.6) is 5.75 Å². The van der Waals surface area contributed by atoms with Gasteiger partial charge < -0.3 is 9.15 Å². The van der Waals surface area contributed by atoms with Crippen LogP contribution in [0.15, 0.2) is 52.9 Å². The van der Waals surface area contributed by atoms with Crippen LogP contribution in [0.1, 0.15) is 24.4 Å². The van der Waals surface area contributed by atoms with Gasteiger partial charge in [0.1, 0.15) is 5.75 Å². The third-order valence-corrected chi connectivity index (χ3v) is 4.45. The van der Waals surface area contributed by atoms with Crippen molar-refractivity contribution in [1.29, 1.82) is 0 Å². The van der Waals surface area contributed by atoms with Crippen LogP contribution in [0.2, 0.25) is 5.02 Å². The molecule has 0 radical (unpaired) electrons. The molecule has 3 aromatic rings. The second kappa shape index (κ2) is 7.68. The van der Waals surface area contributed by atoms with Crippen molar-refractivity contribution in [3.8, 4) is 17.2 Å². The van der Waals surface area contributed by atoms with Crippen molar-refractivity contribution in [2.24, 2.45) is 0 Å². The zero-order chi connectivity index (χ0) is 17.8. The number of hydrogen-bond acceptors (Lipinski definition) is 5. The van der Waals surface area contributed by atoms with Crippen LogP contribution in [-0.2, 0) is 6.54 Å². The van der Waals surface area contributed by atoms with Crippen LogP contribution in [0.25, 0.3) is 11.5 Å². The van der Waals surface area contributed by atoms with E-state index in [1.54, 1.807) is 7.11 Å².